The van der Waals surface area contributed by atoms with E-state index in [-0.39, 0.29) is 35.9 Å². The number of ether oxygens (including phenoxy) is 2. The number of aliphatic imine (C=N–C) groups is 1. The third-order valence-electron chi connectivity index (χ3n) is 3.71. The van der Waals surface area contributed by atoms with Crippen LogP contribution in [-0.4, -0.2) is 75.9 Å². The number of carbonyl (C=O) groups is 1. The van der Waals surface area contributed by atoms with Gasteiger partial charge in [-0.1, -0.05) is 6.92 Å². The van der Waals surface area contributed by atoms with Gasteiger partial charge in [0.2, 0.25) is 0 Å². The number of halogens is 1. The Labute approximate surface area is 156 Å². The molecule has 1 aliphatic heterocycles. The largest absolute Gasteiger partial charge is 0.469 e. The van der Waals surface area contributed by atoms with Crippen molar-refractivity contribution < 1.29 is 14.3 Å². The summed E-state index contributed by atoms with van der Waals surface area (Å²) in [5, 5.41) is 6.39. The van der Waals surface area contributed by atoms with Crippen LogP contribution in [0.3, 0.4) is 0 Å². The maximum absolute atomic E-state index is 11.4. The summed E-state index contributed by atoms with van der Waals surface area (Å²) in [6, 6.07) is 0.373. The number of hydrogen-bond donors (Lipinski definition) is 2. The van der Waals surface area contributed by atoms with E-state index in [0.29, 0.717) is 19.1 Å². The molecule has 0 bridgehead atoms. The van der Waals surface area contributed by atoms with Crippen LogP contribution in [-0.2, 0) is 14.3 Å². The van der Waals surface area contributed by atoms with E-state index in [2.05, 4.69) is 27.4 Å². The average Bonchev–Trinajstić information content (AvgIpc) is 2.56. The molecular weight excluding hydrogens is 411 g/mol. The molecule has 1 rings (SSSR count). The van der Waals surface area contributed by atoms with Crippen LogP contribution in [0.1, 0.15) is 20.8 Å². The highest BCUT2D eigenvalue weighted by molar-refractivity contribution is 14.0. The zero-order chi connectivity index (χ0) is 16.4. The number of morpholine rings is 1. The molecule has 2 atom stereocenters. The third kappa shape index (κ3) is 8.71. The maximum atomic E-state index is 11.4. The van der Waals surface area contributed by atoms with Crippen LogP contribution in [0.25, 0.3) is 0 Å². The number of nitrogens with zero attached hydrogens (tertiary/aromatic N) is 2. The summed E-state index contributed by atoms with van der Waals surface area (Å²) < 4.78 is 10.1. The first-order valence-electron chi connectivity index (χ1n) is 8.00. The summed E-state index contributed by atoms with van der Waals surface area (Å²) in [6.45, 7) is 11.5. The molecule has 0 amide bonds. The van der Waals surface area contributed by atoms with E-state index in [4.69, 9.17) is 9.47 Å². The van der Waals surface area contributed by atoms with E-state index in [9.17, 15) is 4.79 Å². The molecule has 0 spiro atoms. The summed E-state index contributed by atoms with van der Waals surface area (Å²) in [4.78, 5) is 18.4. The van der Waals surface area contributed by atoms with Crippen molar-refractivity contribution in [2.75, 3.05) is 53.0 Å². The van der Waals surface area contributed by atoms with Crippen LogP contribution in [0.4, 0.5) is 0 Å². The Morgan fingerprint density at radius 1 is 1.30 bits per heavy atom. The van der Waals surface area contributed by atoms with E-state index in [1.165, 1.54) is 7.11 Å². The number of carbonyl (C=O) groups excluding carboxylic acids is 1. The molecular formula is C15H31IN4O3. The molecule has 1 heterocycles. The molecule has 0 aromatic heterocycles. The van der Waals surface area contributed by atoms with Crippen LogP contribution >= 0.6 is 24.0 Å². The van der Waals surface area contributed by atoms with Gasteiger partial charge in [-0.15, -0.1) is 24.0 Å². The van der Waals surface area contributed by atoms with E-state index >= 15 is 0 Å². The van der Waals surface area contributed by atoms with Gasteiger partial charge in [0.05, 0.1) is 32.8 Å². The Hall–Kier alpha value is -0.610. The molecule has 136 valence electrons. The van der Waals surface area contributed by atoms with Crippen LogP contribution in [0, 0.1) is 5.92 Å². The smallest absolute Gasteiger partial charge is 0.310 e. The van der Waals surface area contributed by atoms with Crippen LogP contribution in [0.2, 0.25) is 0 Å². The monoisotopic (exact) mass is 442 g/mol. The number of esters is 1. The van der Waals surface area contributed by atoms with Crippen LogP contribution < -0.4 is 10.6 Å². The van der Waals surface area contributed by atoms with E-state index in [1.807, 2.05) is 13.8 Å². The second-order valence-electron chi connectivity index (χ2n) is 5.52. The second-order valence-corrected chi connectivity index (χ2v) is 5.52. The molecule has 0 saturated carbocycles. The van der Waals surface area contributed by atoms with Gasteiger partial charge in [-0.2, -0.15) is 0 Å². The number of rotatable bonds is 7. The second kappa shape index (κ2) is 12.8. The van der Waals surface area contributed by atoms with Gasteiger partial charge in [0.25, 0.3) is 0 Å². The Morgan fingerprint density at radius 2 is 1.96 bits per heavy atom. The van der Waals surface area contributed by atoms with Gasteiger partial charge in [0.15, 0.2) is 5.96 Å². The van der Waals surface area contributed by atoms with Crippen LogP contribution in [0.15, 0.2) is 4.99 Å². The highest BCUT2D eigenvalue weighted by Gasteiger charge is 2.17. The van der Waals surface area contributed by atoms with Gasteiger partial charge in [-0.25, -0.2) is 0 Å². The molecule has 0 aliphatic carbocycles. The predicted molar refractivity (Wildman–Crippen MR) is 102 cm³/mol. The first kappa shape index (κ1) is 22.4. The lowest BCUT2D eigenvalue weighted by molar-refractivity contribution is -0.144. The zero-order valence-corrected chi connectivity index (χ0v) is 17.0. The first-order valence-corrected chi connectivity index (χ1v) is 8.00. The van der Waals surface area contributed by atoms with Gasteiger partial charge in [0.1, 0.15) is 0 Å². The quantitative estimate of drug-likeness (QED) is 0.262. The third-order valence-corrected chi connectivity index (χ3v) is 3.71. The normalized spacial score (nSPS) is 18.5. The number of nitrogens with one attached hydrogen (secondary N) is 2. The van der Waals surface area contributed by atoms with Gasteiger partial charge in [0, 0.05) is 32.2 Å². The maximum Gasteiger partial charge on any atom is 0.310 e. The van der Waals surface area contributed by atoms with Gasteiger partial charge in [-0.05, 0) is 13.8 Å². The highest BCUT2D eigenvalue weighted by Crippen LogP contribution is 2.03. The summed E-state index contributed by atoms with van der Waals surface area (Å²) >= 11 is 0. The molecule has 23 heavy (non-hydrogen) atoms. The zero-order valence-electron chi connectivity index (χ0n) is 14.6. The Kier molecular flexibility index (Phi) is 12.4. The minimum absolute atomic E-state index is 0. The SMILES string of the molecule is CCNC(=NCC(C)N1CCOCC1)NCC(C)C(=O)OC.I. The number of guanidine groups is 1. The van der Waals surface area contributed by atoms with Gasteiger partial charge < -0.3 is 20.1 Å². The van der Waals surface area contributed by atoms with E-state index < -0.39 is 0 Å². The van der Waals surface area contributed by atoms with E-state index in [1.54, 1.807) is 0 Å². The molecule has 2 N–H and O–H groups in total. The minimum atomic E-state index is -0.218. The summed E-state index contributed by atoms with van der Waals surface area (Å²) in [5.41, 5.74) is 0. The molecule has 8 heteroatoms. The van der Waals surface area contributed by atoms with Crippen molar-refractivity contribution in [2.24, 2.45) is 10.9 Å². The standard InChI is InChI=1S/C15H30N4O3.HI/c1-5-16-15(17-10-12(2)14(20)21-4)18-11-13(3)19-6-8-22-9-7-19;/h12-13H,5-11H2,1-4H3,(H2,16,17,18);1H. The van der Waals surface area contributed by atoms with Crippen molar-refractivity contribution in [3.8, 4) is 0 Å². The lowest BCUT2D eigenvalue weighted by Crippen LogP contribution is -2.45. The number of hydrogen-bond acceptors (Lipinski definition) is 5. The van der Waals surface area contributed by atoms with Crippen molar-refractivity contribution in [3.63, 3.8) is 0 Å². The van der Waals surface area contributed by atoms with Crippen molar-refractivity contribution in [1.82, 2.24) is 15.5 Å². The Balaban J connectivity index is 0.00000484. The van der Waals surface area contributed by atoms with Crippen LogP contribution in [0.5, 0.6) is 0 Å². The van der Waals surface area contributed by atoms with Crippen molar-refractivity contribution in [1.29, 1.82) is 0 Å². The molecule has 7 nitrogen and oxygen atoms in total. The Morgan fingerprint density at radius 3 is 2.52 bits per heavy atom. The van der Waals surface area contributed by atoms with E-state index in [0.717, 1.165) is 38.8 Å². The van der Waals surface area contributed by atoms with Crippen molar-refractivity contribution in [3.05, 3.63) is 0 Å². The number of methoxy groups -OCH3 is 1. The molecule has 0 aromatic carbocycles. The highest BCUT2D eigenvalue weighted by atomic mass is 127. The fourth-order valence-corrected chi connectivity index (χ4v) is 2.23. The van der Waals surface area contributed by atoms with Gasteiger partial charge in [-0.3, -0.25) is 14.7 Å². The lowest BCUT2D eigenvalue weighted by Gasteiger charge is -2.31. The molecule has 1 fully saturated rings. The van der Waals surface area contributed by atoms with Crippen molar-refractivity contribution in [2.45, 2.75) is 26.8 Å². The van der Waals surface area contributed by atoms with Crippen molar-refractivity contribution >= 4 is 35.9 Å². The summed E-state index contributed by atoms with van der Waals surface area (Å²) in [5.74, 6) is 0.314. The minimum Gasteiger partial charge on any atom is -0.469 e. The molecule has 1 saturated heterocycles. The van der Waals surface area contributed by atoms with Gasteiger partial charge >= 0.3 is 5.97 Å². The predicted octanol–water partition coefficient (Wildman–Crippen LogP) is 0.689. The fourth-order valence-electron chi connectivity index (χ4n) is 2.23. The fraction of sp³-hybridized carbons (Fsp3) is 0.867. The molecule has 0 aromatic rings. The summed E-state index contributed by atoms with van der Waals surface area (Å²) in [6.07, 6.45) is 0. The molecule has 1 aliphatic rings. The molecule has 0 radical (unpaired) electrons. The lowest BCUT2D eigenvalue weighted by atomic mass is 10.2. The topological polar surface area (TPSA) is 75.2 Å². The Bertz CT molecular complexity index is 363. The first-order chi connectivity index (χ1) is 10.6. The average molecular weight is 442 g/mol. The molecule has 2 unspecified atom stereocenters. The summed E-state index contributed by atoms with van der Waals surface area (Å²) in [7, 11) is 1.40.